The molecule has 0 amide bonds. The van der Waals surface area contributed by atoms with Crippen molar-refractivity contribution in [3.05, 3.63) is 34.9 Å². The van der Waals surface area contributed by atoms with Gasteiger partial charge in [-0.1, -0.05) is 23.7 Å². The van der Waals surface area contributed by atoms with Crippen molar-refractivity contribution in [3.63, 3.8) is 0 Å². The molecule has 1 aromatic rings. The smallest absolute Gasteiger partial charge is 0.154 e. The zero-order valence-electron chi connectivity index (χ0n) is 10.5. The zero-order chi connectivity index (χ0) is 13.3. The maximum atomic E-state index is 11.8. The van der Waals surface area contributed by atoms with E-state index in [0.717, 1.165) is 5.56 Å². The maximum absolute atomic E-state index is 11.8. The van der Waals surface area contributed by atoms with Gasteiger partial charge in [0, 0.05) is 11.3 Å². The highest BCUT2D eigenvalue weighted by atomic mass is 35.5. The number of halogens is 1. The highest BCUT2D eigenvalue weighted by molar-refractivity contribution is 7.92. The van der Waals surface area contributed by atoms with Crippen LogP contribution in [-0.2, 0) is 9.84 Å². The van der Waals surface area contributed by atoms with Crippen LogP contribution in [0.3, 0.4) is 0 Å². The van der Waals surface area contributed by atoms with Crippen LogP contribution in [0.1, 0.15) is 25.5 Å². The molecule has 0 heterocycles. The lowest BCUT2D eigenvalue weighted by atomic mass is 9.95. The van der Waals surface area contributed by atoms with Crippen molar-refractivity contribution >= 4 is 21.4 Å². The van der Waals surface area contributed by atoms with Crippen molar-refractivity contribution in [2.24, 2.45) is 0 Å². The van der Waals surface area contributed by atoms with Gasteiger partial charge in [0.05, 0.1) is 10.8 Å². The Kier molecular flexibility index (Phi) is 4.23. The Morgan fingerprint density at radius 2 is 1.71 bits per heavy atom. The largest absolute Gasteiger partial charge is 0.312 e. The summed E-state index contributed by atoms with van der Waals surface area (Å²) < 4.78 is 22.8. The van der Waals surface area contributed by atoms with Crippen LogP contribution < -0.4 is 5.32 Å². The van der Waals surface area contributed by atoms with Gasteiger partial charge < -0.3 is 5.32 Å². The number of hydrogen-bond donors (Lipinski definition) is 1. The van der Waals surface area contributed by atoms with E-state index in [0.29, 0.717) is 5.02 Å². The second-order valence-electron chi connectivity index (χ2n) is 4.65. The summed E-state index contributed by atoms with van der Waals surface area (Å²) in [5, 5.41) is 3.70. The van der Waals surface area contributed by atoms with Gasteiger partial charge in [-0.05, 0) is 38.6 Å². The second-order valence-corrected chi connectivity index (χ2v) is 7.68. The number of hydrogen-bond acceptors (Lipinski definition) is 3. The maximum Gasteiger partial charge on any atom is 0.154 e. The second kappa shape index (κ2) is 4.96. The molecule has 3 nitrogen and oxygen atoms in total. The molecule has 0 saturated carbocycles. The molecular weight excluding hydrogens is 258 g/mol. The van der Waals surface area contributed by atoms with E-state index in [1.54, 1.807) is 33.0 Å². The molecule has 0 radical (unpaired) electrons. The van der Waals surface area contributed by atoms with E-state index in [-0.39, 0.29) is 6.04 Å². The summed E-state index contributed by atoms with van der Waals surface area (Å²) in [6, 6.07) is 6.95. The van der Waals surface area contributed by atoms with Crippen LogP contribution >= 0.6 is 11.6 Å². The number of nitrogens with one attached hydrogen (secondary N) is 1. The number of rotatable bonds is 4. The van der Waals surface area contributed by atoms with E-state index in [1.807, 2.05) is 12.1 Å². The Morgan fingerprint density at radius 3 is 2.06 bits per heavy atom. The topological polar surface area (TPSA) is 46.2 Å². The van der Waals surface area contributed by atoms with Gasteiger partial charge in [-0.3, -0.25) is 0 Å². The van der Waals surface area contributed by atoms with E-state index in [2.05, 4.69) is 5.32 Å². The minimum absolute atomic E-state index is 0.269. The summed E-state index contributed by atoms with van der Waals surface area (Å²) in [6.07, 6.45) is 1.26. The number of benzene rings is 1. The molecule has 96 valence electrons. The van der Waals surface area contributed by atoms with Gasteiger partial charge in [0.15, 0.2) is 9.84 Å². The minimum atomic E-state index is -3.17. The van der Waals surface area contributed by atoms with Gasteiger partial charge in [0.2, 0.25) is 0 Å². The third kappa shape index (κ3) is 3.00. The lowest BCUT2D eigenvalue weighted by Crippen LogP contribution is -2.43. The highest BCUT2D eigenvalue weighted by Gasteiger charge is 2.38. The average Bonchev–Trinajstić information content (AvgIpc) is 2.20. The molecule has 0 spiro atoms. The minimum Gasteiger partial charge on any atom is -0.312 e. The van der Waals surface area contributed by atoms with Gasteiger partial charge in [-0.25, -0.2) is 8.42 Å². The van der Waals surface area contributed by atoms with Gasteiger partial charge in [-0.2, -0.15) is 0 Å². The molecule has 1 aromatic carbocycles. The first-order valence-electron chi connectivity index (χ1n) is 5.32. The monoisotopic (exact) mass is 275 g/mol. The molecule has 1 unspecified atom stereocenters. The first-order valence-corrected chi connectivity index (χ1v) is 7.59. The van der Waals surface area contributed by atoms with E-state index < -0.39 is 14.6 Å². The van der Waals surface area contributed by atoms with Crippen LogP contribution in [0.2, 0.25) is 5.02 Å². The van der Waals surface area contributed by atoms with Gasteiger partial charge in [0.1, 0.15) is 0 Å². The summed E-state index contributed by atoms with van der Waals surface area (Å²) in [6.45, 7) is 3.44. The van der Waals surface area contributed by atoms with E-state index >= 15 is 0 Å². The molecule has 17 heavy (non-hydrogen) atoms. The molecular formula is C12H18ClNO2S. The Hall–Kier alpha value is -0.580. The van der Waals surface area contributed by atoms with Crippen LogP contribution in [0.4, 0.5) is 0 Å². The fourth-order valence-electron chi connectivity index (χ4n) is 1.78. The summed E-state index contributed by atoms with van der Waals surface area (Å²) in [5.41, 5.74) is 0.910. The first-order chi connectivity index (χ1) is 7.70. The quantitative estimate of drug-likeness (QED) is 0.918. The fourth-order valence-corrected chi connectivity index (χ4v) is 2.59. The normalized spacial score (nSPS) is 14.6. The van der Waals surface area contributed by atoms with E-state index in [1.165, 1.54) is 6.26 Å². The Morgan fingerprint density at radius 1 is 1.24 bits per heavy atom. The van der Waals surface area contributed by atoms with E-state index in [9.17, 15) is 8.42 Å². The highest BCUT2D eigenvalue weighted by Crippen LogP contribution is 2.32. The molecule has 0 aliphatic heterocycles. The third-order valence-electron chi connectivity index (χ3n) is 3.14. The predicted octanol–water partition coefficient (Wildman–Crippen LogP) is 2.42. The van der Waals surface area contributed by atoms with Crippen molar-refractivity contribution in [1.29, 1.82) is 0 Å². The molecule has 0 aromatic heterocycles. The molecule has 0 aliphatic rings. The Balaban J connectivity index is 3.21. The summed E-state index contributed by atoms with van der Waals surface area (Å²) in [5.74, 6) is 0. The molecule has 0 fully saturated rings. The average molecular weight is 276 g/mol. The first kappa shape index (κ1) is 14.5. The predicted molar refractivity (Wildman–Crippen MR) is 72.2 cm³/mol. The van der Waals surface area contributed by atoms with Crippen molar-refractivity contribution in [3.8, 4) is 0 Å². The van der Waals surface area contributed by atoms with Gasteiger partial charge >= 0.3 is 0 Å². The van der Waals surface area contributed by atoms with Crippen molar-refractivity contribution in [2.75, 3.05) is 13.3 Å². The third-order valence-corrected chi connectivity index (χ3v) is 5.54. The molecule has 1 rings (SSSR count). The molecule has 0 bridgehead atoms. The zero-order valence-corrected chi connectivity index (χ0v) is 12.1. The van der Waals surface area contributed by atoms with Crippen LogP contribution in [0, 0.1) is 0 Å². The van der Waals surface area contributed by atoms with Crippen molar-refractivity contribution < 1.29 is 8.42 Å². The fraction of sp³-hybridized carbons (Fsp3) is 0.500. The molecule has 5 heteroatoms. The molecule has 1 atom stereocenters. The summed E-state index contributed by atoms with van der Waals surface area (Å²) >= 11 is 5.83. The summed E-state index contributed by atoms with van der Waals surface area (Å²) in [7, 11) is -1.41. The van der Waals surface area contributed by atoms with E-state index in [4.69, 9.17) is 11.6 Å². The van der Waals surface area contributed by atoms with Gasteiger partial charge in [-0.15, -0.1) is 0 Å². The SMILES string of the molecule is CNC(c1ccc(Cl)cc1)C(C)(C)S(C)(=O)=O. The molecule has 0 saturated heterocycles. The van der Waals surface area contributed by atoms with Crippen molar-refractivity contribution in [2.45, 2.75) is 24.6 Å². The summed E-state index contributed by atoms with van der Waals surface area (Å²) in [4.78, 5) is 0. The van der Waals surface area contributed by atoms with Gasteiger partial charge in [0.25, 0.3) is 0 Å². The molecule has 0 aliphatic carbocycles. The number of sulfone groups is 1. The lowest BCUT2D eigenvalue weighted by molar-refractivity contribution is 0.446. The molecule has 1 N–H and O–H groups in total. The van der Waals surface area contributed by atoms with Crippen LogP contribution in [0.5, 0.6) is 0 Å². The van der Waals surface area contributed by atoms with Crippen molar-refractivity contribution in [1.82, 2.24) is 5.32 Å². The Labute approximate surface area is 108 Å². The lowest BCUT2D eigenvalue weighted by Gasteiger charge is -2.32. The standard InChI is InChI=1S/C12H18ClNO2S/c1-12(2,17(4,15)16)11(14-3)9-5-7-10(13)8-6-9/h5-8,11,14H,1-4H3. The Bertz CT molecular complexity index is 480. The van der Waals surface area contributed by atoms with Crippen LogP contribution in [0.25, 0.3) is 0 Å². The van der Waals surface area contributed by atoms with Crippen LogP contribution in [0.15, 0.2) is 24.3 Å². The van der Waals surface area contributed by atoms with Crippen LogP contribution in [-0.4, -0.2) is 26.5 Å².